The van der Waals surface area contributed by atoms with Crippen molar-refractivity contribution < 1.29 is 5.21 Å². The van der Waals surface area contributed by atoms with Crippen molar-refractivity contribution in [2.75, 3.05) is 5.75 Å². The van der Waals surface area contributed by atoms with Crippen LogP contribution in [-0.2, 0) is 0 Å². The third-order valence-electron chi connectivity index (χ3n) is 2.27. The maximum Gasteiger partial charge on any atom is 0.170 e. The molecule has 1 rings (SSSR count). The number of thioether (sulfide) groups is 1. The third-order valence-corrected chi connectivity index (χ3v) is 3.37. The summed E-state index contributed by atoms with van der Waals surface area (Å²) >= 11 is 1.85. The Bertz CT molecular complexity index is 335. The van der Waals surface area contributed by atoms with Crippen LogP contribution in [0.25, 0.3) is 0 Å². The molecule has 0 unspecified atom stereocenters. The first-order valence-electron chi connectivity index (χ1n) is 5.48. The lowest BCUT2D eigenvalue weighted by Gasteiger charge is -2.02. The van der Waals surface area contributed by atoms with E-state index in [-0.39, 0.29) is 5.84 Å². The molecule has 0 fully saturated rings. The molecule has 0 heterocycles. The number of hydrogen-bond acceptors (Lipinski definition) is 3. The van der Waals surface area contributed by atoms with Crippen molar-refractivity contribution in [3.8, 4) is 0 Å². The van der Waals surface area contributed by atoms with Gasteiger partial charge < -0.3 is 10.9 Å². The monoisotopic (exact) mass is 238 g/mol. The molecule has 3 N–H and O–H groups in total. The summed E-state index contributed by atoms with van der Waals surface area (Å²) in [5.74, 6) is 1.30. The standard InChI is InChI=1S/C12H18N2OS/c1-2-3-4-9-16-11-7-5-10(6-8-11)12(13)14-15/h5-8,15H,2-4,9H2,1H3,(H2,13,14). The average Bonchev–Trinajstić information content (AvgIpc) is 2.34. The van der Waals surface area contributed by atoms with E-state index in [0.717, 1.165) is 11.3 Å². The van der Waals surface area contributed by atoms with Gasteiger partial charge in [0.1, 0.15) is 0 Å². The highest BCUT2D eigenvalue weighted by Crippen LogP contribution is 2.20. The molecule has 0 saturated heterocycles. The van der Waals surface area contributed by atoms with Crippen molar-refractivity contribution in [1.82, 2.24) is 0 Å². The van der Waals surface area contributed by atoms with E-state index in [9.17, 15) is 0 Å². The maximum atomic E-state index is 8.52. The van der Waals surface area contributed by atoms with Crippen molar-refractivity contribution in [3.05, 3.63) is 29.8 Å². The first-order valence-corrected chi connectivity index (χ1v) is 6.47. The van der Waals surface area contributed by atoms with Crippen LogP contribution in [0, 0.1) is 0 Å². The van der Waals surface area contributed by atoms with Crippen molar-refractivity contribution in [1.29, 1.82) is 0 Å². The molecular formula is C12H18N2OS. The minimum Gasteiger partial charge on any atom is -0.409 e. The molecule has 0 aliphatic rings. The summed E-state index contributed by atoms with van der Waals surface area (Å²) in [6.45, 7) is 2.20. The van der Waals surface area contributed by atoms with E-state index >= 15 is 0 Å². The summed E-state index contributed by atoms with van der Waals surface area (Å²) in [7, 11) is 0. The molecule has 4 heteroatoms. The normalized spacial score (nSPS) is 11.7. The fourth-order valence-electron chi connectivity index (χ4n) is 1.32. The number of amidine groups is 1. The molecule has 88 valence electrons. The molecule has 0 saturated carbocycles. The molecule has 1 aromatic carbocycles. The Balaban J connectivity index is 2.45. The second kappa shape index (κ2) is 7.17. The highest BCUT2D eigenvalue weighted by molar-refractivity contribution is 7.99. The highest BCUT2D eigenvalue weighted by Gasteiger charge is 1.99. The van der Waals surface area contributed by atoms with Gasteiger partial charge in [-0.1, -0.05) is 37.1 Å². The van der Waals surface area contributed by atoms with Gasteiger partial charge in [-0.3, -0.25) is 0 Å². The van der Waals surface area contributed by atoms with Crippen LogP contribution >= 0.6 is 11.8 Å². The Morgan fingerprint density at radius 1 is 1.31 bits per heavy atom. The Labute approximate surface area is 101 Å². The van der Waals surface area contributed by atoms with Crippen LogP contribution in [0.3, 0.4) is 0 Å². The van der Waals surface area contributed by atoms with Gasteiger partial charge in [-0.05, 0) is 24.3 Å². The molecule has 0 aliphatic heterocycles. The summed E-state index contributed by atoms with van der Waals surface area (Å²) in [5, 5.41) is 11.5. The molecule has 3 nitrogen and oxygen atoms in total. The zero-order valence-corrected chi connectivity index (χ0v) is 10.3. The van der Waals surface area contributed by atoms with E-state index in [0.29, 0.717) is 0 Å². The van der Waals surface area contributed by atoms with Gasteiger partial charge in [-0.15, -0.1) is 11.8 Å². The molecular weight excluding hydrogens is 220 g/mol. The summed E-state index contributed by atoms with van der Waals surface area (Å²) in [6, 6.07) is 7.75. The fraction of sp³-hybridized carbons (Fsp3) is 0.417. The van der Waals surface area contributed by atoms with E-state index in [1.165, 1.54) is 24.2 Å². The van der Waals surface area contributed by atoms with Crippen molar-refractivity contribution in [3.63, 3.8) is 0 Å². The van der Waals surface area contributed by atoms with Gasteiger partial charge in [0, 0.05) is 10.5 Å². The summed E-state index contributed by atoms with van der Waals surface area (Å²) in [6.07, 6.45) is 3.79. The Hall–Kier alpha value is -1.16. The smallest absolute Gasteiger partial charge is 0.170 e. The van der Waals surface area contributed by atoms with Crippen LogP contribution < -0.4 is 5.73 Å². The minimum atomic E-state index is 0.155. The van der Waals surface area contributed by atoms with Gasteiger partial charge in [0.15, 0.2) is 5.84 Å². The number of nitrogens with zero attached hydrogens (tertiary/aromatic N) is 1. The molecule has 16 heavy (non-hydrogen) atoms. The van der Waals surface area contributed by atoms with Crippen LogP contribution in [0.4, 0.5) is 0 Å². The fourth-order valence-corrected chi connectivity index (χ4v) is 2.23. The van der Waals surface area contributed by atoms with Gasteiger partial charge in [0.2, 0.25) is 0 Å². The molecule has 0 amide bonds. The second-order valence-electron chi connectivity index (χ2n) is 3.57. The van der Waals surface area contributed by atoms with Gasteiger partial charge in [-0.2, -0.15) is 0 Å². The van der Waals surface area contributed by atoms with E-state index in [1.807, 2.05) is 36.0 Å². The van der Waals surface area contributed by atoms with Crippen LogP contribution in [0.2, 0.25) is 0 Å². The molecule has 0 aliphatic carbocycles. The Morgan fingerprint density at radius 3 is 2.56 bits per heavy atom. The lowest BCUT2D eigenvalue weighted by atomic mass is 10.2. The van der Waals surface area contributed by atoms with E-state index in [1.54, 1.807) is 0 Å². The van der Waals surface area contributed by atoms with Crippen molar-refractivity contribution in [2.45, 2.75) is 31.1 Å². The zero-order valence-electron chi connectivity index (χ0n) is 9.52. The van der Waals surface area contributed by atoms with Crippen LogP contribution in [0.15, 0.2) is 34.3 Å². The summed E-state index contributed by atoms with van der Waals surface area (Å²) in [5.41, 5.74) is 6.23. The minimum absolute atomic E-state index is 0.155. The van der Waals surface area contributed by atoms with Crippen molar-refractivity contribution in [2.24, 2.45) is 10.9 Å². The van der Waals surface area contributed by atoms with Gasteiger partial charge in [0.25, 0.3) is 0 Å². The molecule has 0 aromatic heterocycles. The lowest BCUT2D eigenvalue weighted by molar-refractivity contribution is 0.318. The number of hydrogen-bond donors (Lipinski definition) is 2. The molecule has 1 aromatic rings. The number of benzene rings is 1. The average molecular weight is 238 g/mol. The largest absolute Gasteiger partial charge is 0.409 e. The van der Waals surface area contributed by atoms with Gasteiger partial charge >= 0.3 is 0 Å². The molecule has 0 atom stereocenters. The molecule has 0 spiro atoms. The quantitative estimate of drug-likeness (QED) is 0.200. The SMILES string of the molecule is CCCCCSc1ccc(/C(N)=N/O)cc1. The Morgan fingerprint density at radius 2 is 2.00 bits per heavy atom. The van der Waals surface area contributed by atoms with E-state index in [4.69, 9.17) is 10.9 Å². The first kappa shape index (κ1) is 12.9. The predicted molar refractivity (Wildman–Crippen MR) is 69.2 cm³/mol. The van der Waals surface area contributed by atoms with Crippen LogP contribution in [0.5, 0.6) is 0 Å². The van der Waals surface area contributed by atoms with Crippen LogP contribution in [-0.4, -0.2) is 16.8 Å². The number of unbranched alkanes of at least 4 members (excludes halogenated alkanes) is 2. The number of rotatable bonds is 6. The predicted octanol–water partition coefficient (Wildman–Crippen LogP) is 3.06. The summed E-state index contributed by atoms with van der Waals surface area (Å²) in [4.78, 5) is 1.23. The number of nitrogens with two attached hydrogens (primary N) is 1. The summed E-state index contributed by atoms with van der Waals surface area (Å²) < 4.78 is 0. The lowest BCUT2D eigenvalue weighted by Crippen LogP contribution is -2.12. The third kappa shape index (κ3) is 4.14. The maximum absolute atomic E-state index is 8.52. The van der Waals surface area contributed by atoms with Gasteiger partial charge in [0.05, 0.1) is 0 Å². The first-order chi connectivity index (χ1) is 7.77. The molecule has 0 bridgehead atoms. The topological polar surface area (TPSA) is 58.6 Å². The van der Waals surface area contributed by atoms with Gasteiger partial charge in [-0.25, -0.2) is 0 Å². The Kier molecular flexibility index (Phi) is 5.78. The molecule has 0 radical (unpaired) electrons. The van der Waals surface area contributed by atoms with E-state index in [2.05, 4.69) is 12.1 Å². The zero-order chi connectivity index (χ0) is 11.8. The van der Waals surface area contributed by atoms with Crippen LogP contribution in [0.1, 0.15) is 31.7 Å². The van der Waals surface area contributed by atoms with E-state index < -0.39 is 0 Å². The van der Waals surface area contributed by atoms with Crippen molar-refractivity contribution >= 4 is 17.6 Å². The second-order valence-corrected chi connectivity index (χ2v) is 4.73. The number of oxime groups is 1. The highest BCUT2D eigenvalue weighted by atomic mass is 32.2.